The van der Waals surface area contributed by atoms with E-state index in [4.69, 9.17) is 9.47 Å². The highest BCUT2D eigenvalue weighted by atomic mass is 19.1. The zero-order valence-corrected chi connectivity index (χ0v) is 11.8. The Labute approximate surface area is 119 Å². The number of ether oxygens (including phenoxy) is 2. The van der Waals surface area contributed by atoms with Gasteiger partial charge in [-0.1, -0.05) is 12.1 Å². The van der Waals surface area contributed by atoms with Gasteiger partial charge in [0.15, 0.2) is 0 Å². The Kier molecular flexibility index (Phi) is 4.65. The Hall–Kier alpha value is -0.970. The highest BCUT2D eigenvalue weighted by molar-refractivity contribution is 5.19. The minimum Gasteiger partial charge on any atom is -0.377 e. The maximum atomic E-state index is 13.0. The van der Waals surface area contributed by atoms with Crippen LogP contribution in [0.5, 0.6) is 0 Å². The third kappa shape index (κ3) is 3.57. The molecule has 3 rings (SSSR count). The van der Waals surface area contributed by atoms with Crippen LogP contribution in [0.3, 0.4) is 0 Å². The first-order chi connectivity index (χ1) is 9.81. The fourth-order valence-corrected chi connectivity index (χ4v) is 2.99. The lowest BCUT2D eigenvalue weighted by Gasteiger charge is -2.36. The first kappa shape index (κ1) is 14.0. The summed E-state index contributed by atoms with van der Waals surface area (Å²) < 4.78 is 24.6. The van der Waals surface area contributed by atoms with E-state index in [-0.39, 0.29) is 11.9 Å². The second-order valence-corrected chi connectivity index (χ2v) is 5.66. The molecule has 2 atom stereocenters. The Morgan fingerprint density at radius 1 is 1.10 bits per heavy atom. The van der Waals surface area contributed by atoms with E-state index in [9.17, 15) is 4.39 Å². The van der Waals surface area contributed by atoms with Gasteiger partial charge in [-0.25, -0.2) is 4.39 Å². The molecule has 0 aliphatic carbocycles. The van der Waals surface area contributed by atoms with E-state index < -0.39 is 0 Å². The van der Waals surface area contributed by atoms with Crippen molar-refractivity contribution in [1.82, 2.24) is 4.90 Å². The lowest BCUT2D eigenvalue weighted by atomic mass is 10.1. The molecule has 2 fully saturated rings. The zero-order valence-electron chi connectivity index (χ0n) is 11.8. The molecular weight excluding hydrogens is 257 g/mol. The van der Waals surface area contributed by atoms with Crippen molar-refractivity contribution in [2.45, 2.75) is 31.5 Å². The molecule has 0 spiro atoms. The normalized spacial score (nSPS) is 28.4. The van der Waals surface area contributed by atoms with Gasteiger partial charge in [-0.15, -0.1) is 0 Å². The summed E-state index contributed by atoms with van der Waals surface area (Å²) in [5, 5.41) is 0. The van der Waals surface area contributed by atoms with Crippen molar-refractivity contribution in [1.29, 1.82) is 0 Å². The molecule has 2 heterocycles. The maximum absolute atomic E-state index is 13.0. The summed E-state index contributed by atoms with van der Waals surface area (Å²) in [7, 11) is 0. The second-order valence-electron chi connectivity index (χ2n) is 5.66. The average Bonchev–Trinajstić information content (AvgIpc) is 2.49. The van der Waals surface area contributed by atoms with Crippen molar-refractivity contribution < 1.29 is 13.9 Å². The van der Waals surface area contributed by atoms with Crippen LogP contribution >= 0.6 is 0 Å². The second kappa shape index (κ2) is 6.66. The molecule has 2 aliphatic rings. The van der Waals surface area contributed by atoms with Crippen molar-refractivity contribution >= 4 is 0 Å². The van der Waals surface area contributed by atoms with Crippen LogP contribution in [0.15, 0.2) is 24.3 Å². The number of morpholine rings is 1. The summed E-state index contributed by atoms with van der Waals surface area (Å²) in [5.74, 6) is -0.197. The van der Waals surface area contributed by atoms with Crippen molar-refractivity contribution in [3.63, 3.8) is 0 Å². The Bertz CT molecular complexity index is 417. The van der Waals surface area contributed by atoms with Crippen molar-refractivity contribution in [3.05, 3.63) is 35.6 Å². The molecule has 1 aromatic rings. The molecule has 2 unspecified atom stereocenters. The van der Waals surface area contributed by atoms with Crippen LogP contribution in [0.1, 0.15) is 30.9 Å². The van der Waals surface area contributed by atoms with E-state index in [1.165, 1.54) is 31.4 Å². The molecule has 4 heteroatoms. The van der Waals surface area contributed by atoms with Crippen molar-refractivity contribution in [3.8, 4) is 0 Å². The van der Waals surface area contributed by atoms with Gasteiger partial charge in [-0.2, -0.15) is 0 Å². The van der Waals surface area contributed by atoms with E-state index in [0.717, 1.165) is 38.4 Å². The molecule has 0 amide bonds. The predicted molar refractivity (Wildman–Crippen MR) is 75.1 cm³/mol. The Morgan fingerprint density at radius 2 is 1.95 bits per heavy atom. The van der Waals surface area contributed by atoms with Gasteiger partial charge in [-0.05, 0) is 37.0 Å². The Balaban J connectivity index is 1.57. The van der Waals surface area contributed by atoms with Crippen LogP contribution < -0.4 is 0 Å². The maximum Gasteiger partial charge on any atom is 0.123 e. The monoisotopic (exact) mass is 279 g/mol. The number of rotatable bonds is 3. The van der Waals surface area contributed by atoms with Crippen molar-refractivity contribution in [2.24, 2.45) is 0 Å². The first-order valence-electron chi connectivity index (χ1n) is 7.52. The van der Waals surface area contributed by atoms with Crippen LogP contribution in [-0.4, -0.2) is 43.9 Å². The summed E-state index contributed by atoms with van der Waals surface area (Å²) in [5.41, 5.74) is 1.06. The largest absolute Gasteiger partial charge is 0.377 e. The van der Waals surface area contributed by atoms with Gasteiger partial charge in [0.25, 0.3) is 0 Å². The fourth-order valence-electron chi connectivity index (χ4n) is 2.99. The third-order valence-corrected chi connectivity index (χ3v) is 4.13. The number of halogens is 1. The lowest BCUT2D eigenvalue weighted by Crippen LogP contribution is -2.43. The standard InChI is InChI=1S/C16H22FNO2/c17-14-6-4-13(5-7-14)16-12-18(8-10-20-16)11-15-3-1-2-9-19-15/h4-7,15-16H,1-3,8-12H2. The lowest BCUT2D eigenvalue weighted by molar-refractivity contribution is -0.0611. The molecule has 20 heavy (non-hydrogen) atoms. The van der Waals surface area contributed by atoms with E-state index in [2.05, 4.69) is 4.90 Å². The van der Waals surface area contributed by atoms with Crippen LogP contribution in [0.4, 0.5) is 4.39 Å². The number of hydrogen-bond acceptors (Lipinski definition) is 3. The highest BCUT2D eigenvalue weighted by Crippen LogP contribution is 2.23. The number of hydrogen-bond donors (Lipinski definition) is 0. The molecule has 0 radical (unpaired) electrons. The van der Waals surface area contributed by atoms with Gasteiger partial charge in [0.1, 0.15) is 5.82 Å². The fraction of sp³-hybridized carbons (Fsp3) is 0.625. The van der Waals surface area contributed by atoms with Crippen LogP contribution in [0, 0.1) is 5.82 Å². The Morgan fingerprint density at radius 3 is 2.70 bits per heavy atom. The molecule has 0 saturated carbocycles. The number of nitrogens with zero attached hydrogens (tertiary/aromatic N) is 1. The summed E-state index contributed by atoms with van der Waals surface area (Å²) in [6.07, 6.45) is 4.05. The number of benzene rings is 1. The first-order valence-corrected chi connectivity index (χ1v) is 7.52. The van der Waals surface area contributed by atoms with E-state index in [1.54, 1.807) is 0 Å². The molecule has 2 aliphatic heterocycles. The van der Waals surface area contributed by atoms with Gasteiger partial charge in [0.05, 0.1) is 18.8 Å². The SMILES string of the molecule is Fc1ccc(C2CN(CC3CCCCO3)CCO2)cc1. The zero-order chi connectivity index (χ0) is 13.8. The quantitative estimate of drug-likeness (QED) is 0.849. The smallest absolute Gasteiger partial charge is 0.123 e. The van der Waals surface area contributed by atoms with E-state index >= 15 is 0 Å². The molecule has 2 saturated heterocycles. The molecule has 0 aromatic heterocycles. The summed E-state index contributed by atoms with van der Waals surface area (Å²) in [6, 6.07) is 6.64. The summed E-state index contributed by atoms with van der Waals surface area (Å²) in [6.45, 7) is 4.44. The van der Waals surface area contributed by atoms with Gasteiger partial charge in [0, 0.05) is 26.2 Å². The van der Waals surface area contributed by atoms with E-state index in [1.807, 2.05) is 12.1 Å². The predicted octanol–water partition coefficient (Wildman–Crippen LogP) is 2.77. The molecule has 3 nitrogen and oxygen atoms in total. The van der Waals surface area contributed by atoms with Crippen LogP contribution in [0.2, 0.25) is 0 Å². The highest BCUT2D eigenvalue weighted by Gasteiger charge is 2.25. The minimum absolute atomic E-state index is 0.0490. The topological polar surface area (TPSA) is 21.7 Å². The third-order valence-electron chi connectivity index (χ3n) is 4.13. The van der Waals surface area contributed by atoms with Crippen molar-refractivity contribution in [2.75, 3.05) is 32.8 Å². The molecule has 1 aromatic carbocycles. The van der Waals surface area contributed by atoms with Gasteiger partial charge in [0.2, 0.25) is 0 Å². The van der Waals surface area contributed by atoms with Gasteiger partial charge >= 0.3 is 0 Å². The molecular formula is C16H22FNO2. The van der Waals surface area contributed by atoms with E-state index in [0.29, 0.717) is 6.10 Å². The van der Waals surface area contributed by atoms with Gasteiger partial charge < -0.3 is 9.47 Å². The minimum atomic E-state index is -0.197. The average molecular weight is 279 g/mol. The summed E-state index contributed by atoms with van der Waals surface area (Å²) in [4.78, 5) is 2.41. The summed E-state index contributed by atoms with van der Waals surface area (Å²) >= 11 is 0. The van der Waals surface area contributed by atoms with Crippen LogP contribution in [-0.2, 0) is 9.47 Å². The van der Waals surface area contributed by atoms with Crippen LogP contribution in [0.25, 0.3) is 0 Å². The molecule has 110 valence electrons. The van der Waals surface area contributed by atoms with Gasteiger partial charge in [-0.3, -0.25) is 4.90 Å². The molecule has 0 N–H and O–H groups in total. The molecule has 0 bridgehead atoms.